The normalized spacial score (nSPS) is 20.1. The summed E-state index contributed by atoms with van der Waals surface area (Å²) in [4.78, 5) is 1.30. The van der Waals surface area contributed by atoms with Crippen LogP contribution in [0, 0.1) is 12.8 Å². The Morgan fingerprint density at radius 3 is 2.79 bits per heavy atom. The highest BCUT2D eigenvalue weighted by molar-refractivity contribution is 7.10. The molecule has 2 heteroatoms. The van der Waals surface area contributed by atoms with Crippen molar-refractivity contribution in [3.63, 3.8) is 0 Å². The molecule has 1 heterocycles. The molecule has 0 radical (unpaired) electrons. The van der Waals surface area contributed by atoms with Crippen molar-refractivity contribution in [2.75, 3.05) is 0 Å². The van der Waals surface area contributed by atoms with Gasteiger partial charge in [-0.25, -0.2) is 0 Å². The summed E-state index contributed by atoms with van der Waals surface area (Å²) >= 11 is 1.73. The summed E-state index contributed by atoms with van der Waals surface area (Å²) in [5.41, 5.74) is 1.12. The zero-order valence-electron chi connectivity index (χ0n) is 8.70. The van der Waals surface area contributed by atoms with Gasteiger partial charge < -0.3 is 5.11 Å². The molecule has 1 unspecified atom stereocenters. The van der Waals surface area contributed by atoms with Gasteiger partial charge >= 0.3 is 0 Å². The third kappa shape index (κ3) is 2.37. The molecule has 1 aliphatic carbocycles. The fourth-order valence-corrected chi connectivity index (χ4v) is 3.09. The van der Waals surface area contributed by atoms with Crippen LogP contribution in [-0.2, 0) is 0 Å². The second-order valence-corrected chi connectivity index (χ2v) is 5.51. The molecule has 0 aromatic carbocycles. The van der Waals surface area contributed by atoms with Gasteiger partial charge in [0.05, 0.1) is 6.10 Å². The third-order valence-electron chi connectivity index (χ3n) is 3.17. The van der Waals surface area contributed by atoms with Crippen LogP contribution in [0.25, 0.3) is 0 Å². The maximum Gasteiger partial charge on any atom is 0.0800 e. The number of aryl methyl sites for hydroxylation is 1. The Hall–Kier alpha value is -0.340. The minimum atomic E-state index is -0.219. The number of aliphatic hydroxyl groups is 1. The minimum absolute atomic E-state index is 0.219. The highest BCUT2D eigenvalue weighted by atomic mass is 32.1. The molecule has 0 bridgehead atoms. The van der Waals surface area contributed by atoms with Gasteiger partial charge in [-0.2, -0.15) is 0 Å². The maximum atomic E-state index is 10.0. The number of rotatable bonds is 3. The van der Waals surface area contributed by atoms with Crippen LogP contribution in [0.4, 0.5) is 0 Å². The van der Waals surface area contributed by atoms with E-state index in [1.54, 1.807) is 11.3 Å². The molecule has 1 nitrogen and oxygen atoms in total. The smallest absolute Gasteiger partial charge is 0.0800 e. The molecular formula is C12H18OS. The first kappa shape index (κ1) is 10.2. The van der Waals surface area contributed by atoms with E-state index < -0.39 is 0 Å². The fraction of sp³-hybridized carbons (Fsp3) is 0.667. The third-order valence-corrected chi connectivity index (χ3v) is 4.05. The van der Waals surface area contributed by atoms with Gasteiger partial charge in [0.15, 0.2) is 0 Å². The first-order valence-corrected chi connectivity index (χ1v) is 6.37. The van der Waals surface area contributed by atoms with Gasteiger partial charge in [-0.1, -0.05) is 25.7 Å². The Morgan fingerprint density at radius 1 is 1.50 bits per heavy atom. The molecule has 1 aromatic heterocycles. The molecule has 1 saturated carbocycles. The van der Waals surface area contributed by atoms with E-state index in [-0.39, 0.29) is 6.10 Å². The zero-order chi connectivity index (χ0) is 9.97. The summed E-state index contributed by atoms with van der Waals surface area (Å²) in [6.07, 6.45) is 6.11. The van der Waals surface area contributed by atoms with E-state index in [4.69, 9.17) is 0 Å². The monoisotopic (exact) mass is 210 g/mol. The second-order valence-electron chi connectivity index (χ2n) is 4.39. The number of thiophene rings is 1. The van der Waals surface area contributed by atoms with Gasteiger partial charge in [0.1, 0.15) is 0 Å². The van der Waals surface area contributed by atoms with Gasteiger partial charge in [0, 0.05) is 4.88 Å². The lowest BCUT2D eigenvalue weighted by Crippen LogP contribution is -2.03. The van der Waals surface area contributed by atoms with Crippen molar-refractivity contribution in [3.8, 4) is 0 Å². The van der Waals surface area contributed by atoms with Gasteiger partial charge in [-0.05, 0) is 36.3 Å². The lowest BCUT2D eigenvalue weighted by atomic mass is 9.97. The van der Waals surface area contributed by atoms with Crippen LogP contribution in [0.2, 0.25) is 0 Å². The molecular weight excluding hydrogens is 192 g/mol. The zero-order valence-corrected chi connectivity index (χ0v) is 9.52. The maximum absolute atomic E-state index is 10.0. The summed E-state index contributed by atoms with van der Waals surface area (Å²) in [5, 5.41) is 12.1. The largest absolute Gasteiger partial charge is 0.388 e. The topological polar surface area (TPSA) is 20.2 Å². The Morgan fingerprint density at radius 2 is 2.21 bits per heavy atom. The van der Waals surface area contributed by atoms with E-state index in [9.17, 15) is 5.11 Å². The summed E-state index contributed by atoms with van der Waals surface area (Å²) in [6.45, 7) is 2.09. The molecule has 1 N–H and O–H groups in total. The van der Waals surface area contributed by atoms with Crippen LogP contribution in [-0.4, -0.2) is 5.11 Å². The summed E-state index contributed by atoms with van der Waals surface area (Å²) < 4.78 is 0. The molecule has 1 fully saturated rings. The molecule has 0 spiro atoms. The van der Waals surface area contributed by atoms with Crippen LogP contribution in [0.15, 0.2) is 11.4 Å². The first-order chi connectivity index (χ1) is 6.75. The molecule has 1 aromatic rings. The predicted octanol–water partition coefficient (Wildman–Crippen LogP) is 3.67. The van der Waals surface area contributed by atoms with Gasteiger partial charge in [0.25, 0.3) is 0 Å². The van der Waals surface area contributed by atoms with E-state index in [1.165, 1.54) is 30.6 Å². The fourth-order valence-electron chi connectivity index (χ4n) is 2.34. The lowest BCUT2D eigenvalue weighted by Gasteiger charge is -2.13. The molecule has 14 heavy (non-hydrogen) atoms. The van der Waals surface area contributed by atoms with Crippen molar-refractivity contribution >= 4 is 11.3 Å². The van der Waals surface area contributed by atoms with Crippen molar-refractivity contribution in [3.05, 3.63) is 21.9 Å². The standard InChI is InChI=1S/C12H18OS/c1-9-6-11(8-14-9)12(13)7-10-4-2-3-5-10/h6,8,10,12-13H,2-5,7H2,1H3. The Bertz CT molecular complexity index is 286. The summed E-state index contributed by atoms with van der Waals surface area (Å²) in [5.74, 6) is 0.769. The quantitative estimate of drug-likeness (QED) is 0.807. The van der Waals surface area contributed by atoms with Gasteiger partial charge in [-0.3, -0.25) is 0 Å². The van der Waals surface area contributed by atoms with E-state index in [0.29, 0.717) is 0 Å². The van der Waals surface area contributed by atoms with Crippen molar-refractivity contribution in [1.29, 1.82) is 0 Å². The average Bonchev–Trinajstić information content (AvgIpc) is 2.75. The number of aliphatic hydroxyl groups excluding tert-OH is 1. The second kappa shape index (κ2) is 4.45. The predicted molar refractivity (Wildman–Crippen MR) is 60.6 cm³/mol. The first-order valence-electron chi connectivity index (χ1n) is 5.49. The Kier molecular flexibility index (Phi) is 3.24. The minimum Gasteiger partial charge on any atom is -0.388 e. The van der Waals surface area contributed by atoms with E-state index in [2.05, 4.69) is 18.4 Å². The highest BCUT2D eigenvalue weighted by Gasteiger charge is 2.20. The molecule has 1 atom stereocenters. The Balaban J connectivity index is 1.91. The van der Waals surface area contributed by atoms with Crippen molar-refractivity contribution in [1.82, 2.24) is 0 Å². The molecule has 2 rings (SSSR count). The van der Waals surface area contributed by atoms with Crippen molar-refractivity contribution < 1.29 is 5.11 Å². The van der Waals surface area contributed by atoms with Crippen molar-refractivity contribution in [2.45, 2.75) is 45.1 Å². The van der Waals surface area contributed by atoms with Crippen LogP contribution in [0.5, 0.6) is 0 Å². The number of hydrogen-bond acceptors (Lipinski definition) is 2. The summed E-state index contributed by atoms with van der Waals surface area (Å²) in [6, 6.07) is 2.12. The molecule has 0 saturated heterocycles. The van der Waals surface area contributed by atoms with E-state index in [0.717, 1.165) is 17.9 Å². The highest BCUT2D eigenvalue weighted by Crippen LogP contribution is 2.33. The van der Waals surface area contributed by atoms with Crippen LogP contribution in [0.1, 0.15) is 48.6 Å². The van der Waals surface area contributed by atoms with Crippen LogP contribution >= 0.6 is 11.3 Å². The van der Waals surface area contributed by atoms with Crippen LogP contribution in [0.3, 0.4) is 0 Å². The van der Waals surface area contributed by atoms with Gasteiger partial charge in [0.2, 0.25) is 0 Å². The van der Waals surface area contributed by atoms with Crippen molar-refractivity contribution in [2.24, 2.45) is 5.92 Å². The summed E-state index contributed by atoms with van der Waals surface area (Å²) in [7, 11) is 0. The Labute approximate surface area is 89.8 Å². The molecule has 0 amide bonds. The van der Waals surface area contributed by atoms with Gasteiger partial charge in [-0.15, -0.1) is 11.3 Å². The SMILES string of the molecule is Cc1cc(C(O)CC2CCCC2)cs1. The van der Waals surface area contributed by atoms with E-state index in [1.807, 2.05) is 0 Å². The lowest BCUT2D eigenvalue weighted by molar-refractivity contribution is 0.145. The molecule has 0 aliphatic heterocycles. The molecule has 78 valence electrons. The van der Waals surface area contributed by atoms with E-state index >= 15 is 0 Å². The number of hydrogen-bond donors (Lipinski definition) is 1. The molecule has 1 aliphatic rings. The van der Waals surface area contributed by atoms with Crippen LogP contribution < -0.4 is 0 Å². The average molecular weight is 210 g/mol.